The van der Waals surface area contributed by atoms with Crippen molar-refractivity contribution in [2.75, 3.05) is 19.0 Å². The minimum absolute atomic E-state index is 0.256. The van der Waals surface area contributed by atoms with Gasteiger partial charge in [-0.25, -0.2) is 0 Å². The van der Waals surface area contributed by atoms with E-state index >= 15 is 0 Å². The Morgan fingerprint density at radius 1 is 0.864 bits per heavy atom. The standard InChI is InChI=1S/C37H32N2O5/c1-3-21-44-26-17-15-24(16-18-26)33(40)31-32(34(41)25-10-8-11-27(22-25)43-2)39-20-19-23-9-4-5-12-28(23)35(39)37(31)29-13-6-7-14-30(29)38-36(37)42/h4-20,22,31-32,35H,3,21H2,1-2H3,(H,38,42)/t31-,32+,35-,37-/m1/s1. The zero-order chi connectivity index (χ0) is 30.4. The maximum absolute atomic E-state index is 15.0. The van der Waals surface area contributed by atoms with Crippen molar-refractivity contribution in [3.63, 3.8) is 0 Å². The maximum Gasteiger partial charge on any atom is 0.238 e. The molecule has 0 bridgehead atoms. The van der Waals surface area contributed by atoms with Crippen LogP contribution in [0.3, 0.4) is 0 Å². The van der Waals surface area contributed by atoms with Crippen LogP contribution in [0.5, 0.6) is 11.5 Å². The SMILES string of the molecule is CCCOc1ccc(C(=O)[C@H]2[C@@H](C(=O)c3cccc(OC)c3)N3C=Cc4ccccc4[C@@H]3[C@]23C(=O)Nc2ccccc23)cc1. The first-order chi connectivity index (χ1) is 21.5. The van der Waals surface area contributed by atoms with Crippen LogP contribution in [0.25, 0.3) is 6.08 Å². The quantitative estimate of drug-likeness (QED) is 0.239. The monoisotopic (exact) mass is 584 g/mol. The molecule has 0 aromatic heterocycles. The lowest BCUT2D eigenvalue weighted by molar-refractivity contribution is -0.122. The van der Waals surface area contributed by atoms with Gasteiger partial charge in [0.15, 0.2) is 11.6 Å². The molecule has 4 atom stereocenters. The van der Waals surface area contributed by atoms with Gasteiger partial charge in [-0.05, 0) is 71.7 Å². The van der Waals surface area contributed by atoms with E-state index in [9.17, 15) is 14.4 Å². The summed E-state index contributed by atoms with van der Waals surface area (Å²) in [5.74, 6) is -0.677. The van der Waals surface area contributed by atoms with Crippen LogP contribution < -0.4 is 14.8 Å². The average molecular weight is 585 g/mol. The number of benzene rings is 4. The predicted molar refractivity (Wildman–Crippen MR) is 168 cm³/mol. The number of fused-ring (bicyclic) bond motifs is 6. The molecule has 1 amide bonds. The number of carbonyl (C=O) groups is 3. The van der Waals surface area contributed by atoms with E-state index in [0.717, 1.165) is 17.5 Å². The third-order valence-electron chi connectivity index (χ3n) is 9.09. The van der Waals surface area contributed by atoms with Gasteiger partial charge in [-0.15, -0.1) is 0 Å². The molecule has 220 valence electrons. The number of nitrogens with one attached hydrogen (secondary N) is 1. The van der Waals surface area contributed by atoms with Gasteiger partial charge < -0.3 is 19.7 Å². The molecule has 7 nitrogen and oxygen atoms in total. The van der Waals surface area contributed by atoms with E-state index in [1.807, 2.05) is 72.6 Å². The van der Waals surface area contributed by atoms with E-state index in [2.05, 4.69) is 5.32 Å². The van der Waals surface area contributed by atoms with Crippen LogP contribution in [0.2, 0.25) is 0 Å². The summed E-state index contributed by atoms with van der Waals surface area (Å²) >= 11 is 0. The molecule has 7 rings (SSSR count). The second-order valence-corrected chi connectivity index (χ2v) is 11.4. The number of hydrogen-bond acceptors (Lipinski definition) is 6. The highest BCUT2D eigenvalue weighted by atomic mass is 16.5. The van der Waals surface area contributed by atoms with Crippen molar-refractivity contribution in [3.8, 4) is 11.5 Å². The molecular weight excluding hydrogens is 552 g/mol. The maximum atomic E-state index is 15.0. The third-order valence-corrected chi connectivity index (χ3v) is 9.09. The van der Waals surface area contributed by atoms with E-state index < -0.39 is 23.4 Å². The third kappa shape index (κ3) is 4.07. The summed E-state index contributed by atoms with van der Waals surface area (Å²) in [6.45, 7) is 2.60. The Hall–Kier alpha value is -5.17. The van der Waals surface area contributed by atoms with Crippen molar-refractivity contribution in [2.45, 2.75) is 30.8 Å². The Labute approximate surface area is 256 Å². The first-order valence-electron chi connectivity index (χ1n) is 14.9. The van der Waals surface area contributed by atoms with Crippen molar-refractivity contribution in [1.82, 2.24) is 4.90 Å². The topological polar surface area (TPSA) is 84.9 Å². The van der Waals surface area contributed by atoms with Crippen molar-refractivity contribution < 1.29 is 23.9 Å². The lowest BCUT2D eigenvalue weighted by Gasteiger charge is -2.38. The van der Waals surface area contributed by atoms with Crippen LogP contribution >= 0.6 is 0 Å². The van der Waals surface area contributed by atoms with E-state index in [-0.39, 0.29) is 17.5 Å². The van der Waals surface area contributed by atoms with Crippen LogP contribution in [-0.2, 0) is 10.2 Å². The minimum Gasteiger partial charge on any atom is -0.497 e. The zero-order valence-corrected chi connectivity index (χ0v) is 24.5. The average Bonchev–Trinajstić information content (AvgIpc) is 3.55. The molecule has 44 heavy (non-hydrogen) atoms. The van der Waals surface area contributed by atoms with E-state index in [1.54, 1.807) is 55.6 Å². The summed E-state index contributed by atoms with van der Waals surface area (Å²) in [4.78, 5) is 46.2. The van der Waals surface area contributed by atoms with Gasteiger partial charge in [0.2, 0.25) is 5.91 Å². The van der Waals surface area contributed by atoms with Gasteiger partial charge in [0.1, 0.15) is 23.0 Å². The number of carbonyl (C=O) groups excluding carboxylic acids is 3. The van der Waals surface area contributed by atoms with Crippen molar-refractivity contribution in [1.29, 1.82) is 0 Å². The fourth-order valence-electron chi connectivity index (χ4n) is 7.23. The molecule has 7 heteroatoms. The number of amides is 1. The van der Waals surface area contributed by atoms with Crippen LogP contribution in [0.1, 0.15) is 56.8 Å². The molecule has 0 radical (unpaired) electrons. The number of anilines is 1. The Morgan fingerprint density at radius 2 is 1.64 bits per heavy atom. The molecule has 4 aromatic carbocycles. The fourth-order valence-corrected chi connectivity index (χ4v) is 7.23. The normalized spacial score (nSPS) is 22.6. The van der Waals surface area contributed by atoms with Gasteiger partial charge >= 0.3 is 0 Å². The molecule has 1 spiro atoms. The van der Waals surface area contributed by atoms with Crippen molar-refractivity contribution in [3.05, 3.63) is 131 Å². The zero-order valence-electron chi connectivity index (χ0n) is 24.5. The number of para-hydroxylation sites is 1. The molecular formula is C37H32N2O5. The summed E-state index contributed by atoms with van der Waals surface area (Å²) in [5.41, 5.74) is 2.64. The second kappa shape index (κ2) is 10.8. The smallest absolute Gasteiger partial charge is 0.238 e. The molecule has 3 aliphatic rings. The Morgan fingerprint density at radius 3 is 2.43 bits per heavy atom. The van der Waals surface area contributed by atoms with Gasteiger partial charge in [-0.2, -0.15) is 0 Å². The summed E-state index contributed by atoms with van der Waals surface area (Å²) in [5, 5.41) is 3.09. The Kier molecular flexibility index (Phi) is 6.81. The lowest BCUT2D eigenvalue weighted by atomic mass is 9.62. The lowest BCUT2D eigenvalue weighted by Crippen LogP contribution is -2.49. The van der Waals surface area contributed by atoms with Crippen LogP contribution in [-0.4, -0.2) is 42.1 Å². The number of Topliss-reactive ketones (excluding diaryl/α,β-unsaturated/α-hetero) is 2. The molecule has 1 N–H and O–H groups in total. The summed E-state index contributed by atoms with van der Waals surface area (Å²) in [7, 11) is 1.55. The van der Waals surface area contributed by atoms with Gasteiger partial charge in [0.05, 0.1) is 25.7 Å². The summed E-state index contributed by atoms with van der Waals surface area (Å²) < 4.78 is 11.2. The number of methoxy groups -OCH3 is 1. The number of nitrogens with zero attached hydrogens (tertiary/aromatic N) is 1. The van der Waals surface area contributed by atoms with Gasteiger partial charge in [0, 0.05) is 23.0 Å². The van der Waals surface area contributed by atoms with Gasteiger partial charge in [-0.1, -0.05) is 61.5 Å². The molecule has 3 heterocycles. The first kappa shape index (κ1) is 27.7. The van der Waals surface area contributed by atoms with Gasteiger partial charge in [-0.3, -0.25) is 14.4 Å². The Balaban J connectivity index is 1.47. The number of ether oxygens (including phenoxy) is 2. The van der Waals surface area contributed by atoms with Crippen molar-refractivity contribution >= 4 is 29.2 Å². The van der Waals surface area contributed by atoms with Crippen LogP contribution in [0.15, 0.2) is 103 Å². The number of ketones is 2. The Bertz CT molecular complexity index is 1810. The molecule has 0 aliphatic carbocycles. The van der Waals surface area contributed by atoms with E-state index in [1.165, 1.54) is 0 Å². The number of hydrogen-bond donors (Lipinski definition) is 1. The van der Waals surface area contributed by atoms with E-state index in [4.69, 9.17) is 9.47 Å². The largest absolute Gasteiger partial charge is 0.497 e. The highest BCUT2D eigenvalue weighted by molar-refractivity contribution is 6.16. The van der Waals surface area contributed by atoms with E-state index in [0.29, 0.717) is 40.5 Å². The van der Waals surface area contributed by atoms with Crippen LogP contribution in [0.4, 0.5) is 5.69 Å². The highest BCUT2D eigenvalue weighted by Crippen LogP contribution is 2.62. The highest BCUT2D eigenvalue weighted by Gasteiger charge is 2.70. The predicted octanol–water partition coefficient (Wildman–Crippen LogP) is 6.47. The molecule has 0 unspecified atom stereocenters. The number of rotatable bonds is 8. The molecule has 3 aliphatic heterocycles. The summed E-state index contributed by atoms with van der Waals surface area (Å²) in [6, 6.07) is 27.8. The molecule has 4 aromatic rings. The molecule has 1 saturated heterocycles. The summed E-state index contributed by atoms with van der Waals surface area (Å²) in [6.07, 6.45) is 4.69. The fraction of sp³-hybridized carbons (Fsp3) is 0.216. The first-order valence-corrected chi connectivity index (χ1v) is 14.9. The second-order valence-electron chi connectivity index (χ2n) is 11.4. The van der Waals surface area contributed by atoms with Crippen LogP contribution in [0, 0.1) is 5.92 Å². The van der Waals surface area contributed by atoms with Gasteiger partial charge in [0.25, 0.3) is 0 Å². The van der Waals surface area contributed by atoms with Crippen molar-refractivity contribution in [2.24, 2.45) is 5.92 Å². The minimum atomic E-state index is -1.38. The molecule has 0 saturated carbocycles. The molecule has 1 fully saturated rings.